The standard InChI is InChI=1S/C22H15FN4O2/c1-12-20-16(21(28)25-18-4-2-3-17-15(18)9-10-24-17)11-19(26-22(20)29-27-12)13-5-7-14(23)8-6-13/h2-11,24H,1H3,(H,25,28). The summed E-state index contributed by atoms with van der Waals surface area (Å²) in [4.78, 5) is 20.8. The van der Waals surface area contributed by atoms with E-state index >= 15 is 0 Å². The van der Waals surface area contributed by atoms with E-state index in [0.717, 1.165) is 10.9 Å². The monoisotopic (exact) mass is 386 g/mol. The van der Waals surface area contributed by atoms with Gasteiger partial charge in [-0.15, -0.1) is 0 Å². The Hall–Kier alpha value is -4.00. The second-order valence-electron chi connectivity index (χ2n) is 6.71. The molecule has 0 bridgehead atoms. The van der Waals surface area contributed by atoms with Gasteiger partial charge in [-0.05, 0) is 55.5 Å². The third-order valence-electron chi connectivity index (χ3n) is 4.84. The number of carbonyl (C=O) groups is 1. The van der Waals surface area contributed by atoms with Gasteiger partial charge in [0, 0.05) is 22.7 Å². The van der Waals surface area contributed by atoms with Gasteiger partial charge in [-0.1, -0.05) is 11.2 Å². The molecule has 1 amide bonds. The minimum absolute atomic E-state index is 0.259. The largest absolute Gasteiger partial charge is 0.361 e. The first kappa shape index (κ1) is 17.1. The Labute approximate surface area is 164 Å². The van der Waals surface area contributed by atoms with Crippen molar-refractivity contribution >= 4 is 33.6 Å². The molecule has 0 aliphatic carbocycles. The molecule has 0 unspecified atom stereocenters. The highest BCUT2D eigenvalue weighted by atomic mass is 19.1. The lowest BCUT2D eigenvalue weighted by molar-refractivity contribution is 0.102. The number of pyridine rings is 1. The molecule has 2 N–H and O–H groups in total. The number of rotatable bonds is 3. The second kappa shape index (κ2) is 6.56. The number of anilines is 1. The molecule has 29 heavy (non-hydrogen) atoms. The fourth-order valence-electron chi connectivity index (χ4n) is 3.43. The van der Waals surface area contributed by atoms with Gasteiger partial charge in [0.15, 0.2) is 0 Å². The molecular weight excluding hydrogens is 371 g/mol. The van der Waals surface area contributed by atoms with Crippen molar-refractivity contribution in [3.63, 3.8) is 0 Å². The molecular formula is C22H15FN4O2. The quantitative estimate of drug-likeness (QED) is 0.453. The van der Waals surface area contributed by atoms with E-state index in [0.29, 0.717) is 33.6 Å². The molecule has 2 aromatic carbocycles. The highest BCUT2D eigenvalue weighted by Gasteiger charge is 2.20. The molecule has 3 aromatic heterocycles. The molecule has 5 rings (SSSR count). The molecule has 0 aliphatic heterocycles. The van der Waals surface area contributed by atoms with Crippen LogP contribution in [-0.2, 0) is 0 Å². The van der Waals surface area contributed by atoms with E-state index in [-0.39, 0.29) is 17.4 Å². The molecule has 6 nitrogen and oxygen atoms in total. The molecule has 0 aliphatic rings. The Morgan fingerprint density at radius 2 is 1.97 bits per heavy atom. The van der Waals surface area contributed by atoms with Crippen LogP contribution in [0.25, 0.3) is 33.3 Å². The molecule has 0 spiro atoms. The first-order chi connectivity index (χ1) is 14.1. The molecule has 0 atom stereocenters. The van der Waals surface area contributed by atoms with Gasteiger partial charge in [-0.2, -0.15) is 0 Å². The zero-order valence-electron chi connectivity index (χ0n) is 15.4. The number of aryl methyl sites for hydroxylation is 1. The first-order valence-corrected chi connectivity index (χ1v) is 9.00. The Kier molecular flexibility index (Phi) is 3.87. The number of hydrogen-bond acceptors (Lipinski definition) is 4. The van der Waals surface area contributed by atoms with E-state index in [1.807, 2.05) is 30.5 Å². The predicted octanol–water partition coefficient (Wildman–Crippen LogP) is 5.07. The third kappa shape index (κ3) is 2.93. The van der Waals surface area contributed by atoms with E-state index in [2.05, 4.69) is 20.4 Å². The number of carbonyl (C=O) groups excluding carboxylic acids is 1. The van der Waals surface area contributed by atoms with Crippen molar-refractivity contribution < 1.29 is 13.7 Å². The van der Waals surface area contributed by atoms with Crippen LogP contribution in [-0.4, -0.2) is 21.0 Å². The summed E-state index contributed by atoms with van der Waals surface area (Å²) in [6.07, 6.45) is 1.82. The smallest absolute Gasteiger partial charge is 0.259 e. The number of H-pyrrole nitrogens is 1. The summed E-state index contributed by atoms with van der Waals surface area (Å²) in [5.74, 6) is -0.649. The predicted molar refractivity (Wildman–Crippen MR) is 108 cm³/mol. The summed E-state index contributed by atoms with van der Waals surface area (Å²) in [5.41, 5.74) is 4.01. The highest BCUT2D eigenvalue weighted by Crippen LogP contribution is 2.29. The number of fused-ring (bicyclic) bond motifs is 2. The fraction of sp³-hybridized carbons (Fsp3) is 0.0455. The number of aromatic nitrogens is 3. The van der Waals surface area contributed by atoms with Gasteiger partial charge in [0.25, 0.3) is 11.6 Å². The van der Waals surface area contributed by atoms with Crippen LogP contribution in [0.2, 0.25) is 0 Å². The van der Waals surface area contributed by atoms with Crippen LogP contribution < -0.4 is 5.32 Å². The maximum absolute atomic E-state index is 13.3. The molecule has 0 radical (unpaired) electrons. The number of benzene rings is 2. The molecule has 0 fully saturated rings. The van der Waals surface area contributed by atoms with Gasteiger partial charge in [0.2, 0.25) is 0 Å². The molecule has 5 aromatic rings. The van der Waals surface area contributed by atoms with E-state index in [4.69, 9.17) is 4.52 Å². The number of hydrogen-bond donors (Lipinski definition) is 2. The normalized spacial score (nSPS) is 11.2. The summed E-state index contributed by atoms with van der Waals surface area (Å²) >= 11 is 0. The molecule has 3 heterocycles. The average molecular weight is 386 g/mol. The van der Waals surface area contributed by atoms with Gasteiger partial charge in [0.1, 0.15) is 5.82 Å². The van der Waals surface area contributed by atoms with Gasteiger partial charge < -0.3 is 14.8 Å². The maximum Gasteiger partial charge on any atom is 0.259 e. The molecule has 142 valence electrons. The first-order valence-electron chi connectivity index (χ1n) is 9.00. The summed E-state index contributed by atoms with van der Waals surface area (Å²) < 4.78 is 18.6. The van der Waals surface area contributed by atoms with Gasteiger partial charge >= 0.3 is 0 Å². The van der Waals surface area contributed by atoms with Crippen molar-refractivity contribution in [1.29, 1.82) is 0 Å². The van der Waals surface area contributed by atoms with Crippen molar-refractivity contribution in [1.82, 2.24) is 15.1 Å². The Bertz CT molecular complexity index is 1370. The van der Waals surface area contributed by atoms with Crippen molar-refractivity contribution in [3.8, 4) is 11.3 Å². The van der Waals surface area contributed by atoms with Crippen LogP contribution in [0.5, 0.6) is 0 Å². The number of amides is 1. The van der Waals surface area contributed by atoms with Crippen LogP contribution in [0.15, 0.2) is 65.3 Å². The minimum Gasteiger partial charge on any atom is -0.361 e. The molecule has 7 heteroatoms. The Morgan fingerprint density at radius 1 is 1.14 bits per heavy atom. The zero-order valence-corrected chi connectivity index (χ0v) is 15.4. The van der Waals surface area contributed by atoms with Gasteiger partial charge in [-0.25, -0.2) is 9.37 Å². The Morgan fingerprint density at radius 3 is 2.79 bits per heavy atom. The maximum atomic E-state index is 13.3. The van der Waals surface area contributed by atoms with Crippen molar-refractivity contribution in [2.24, 2.45) is 0 Å². The lowest BCUT2D eigenvalue weighted by Crippen LogP contribution is -2.13. The Balaban J connectivity index is 1.62. The van der Waals surface area contributed by atoms with Crippen LogP contribution in [0.1, 0.15) is 16.1 Å². The van der Waals surface area contributed by atoms with E-state index in [1.165, 1.54) is 12.1 Å². The molecule has 0 saturated heterocycles. The summed E-state index contributed by atoms with van der Waals surface area (Å²) in [5, 5.41) is 8.38. The highest BCUT2D eigenvalue weighted by molar-refractivity contribution is 6.15. The summed E-state index contributed by atoms with van der Waals surface area (Å²) in [7, 11) is 0. The topological polar surface area (TPSA) is 83.8 Å². The van der Waals surface area contributed by atoms with Crippen LogP contribution in [0.3, 0.4) is 0 Å². The lowest BCUT2D eigenvalue weighted by atomic mass is 10.0. The second-order valence-corrected chi connectivity index (χ2v) is 6.71. The van der Waals surface area contributed by atoms with E-state index in [1.54, 1.807) is 25.1 Å². The van der Waals surface area contributed by atoms with Gasteiger partial charge in [0.05, 0.1) is 28.0 Å². The average Bonchev–Trinajstić information content (AvgIpc) is 3.35. The van der Waals surface area contributed by atoms with Crippen LogP contribution >= 0.6 is 0 Å². The molecule has 0 saturated carbocycles. The van der Waals surface area contributed by atoms with Crippen LogP contribution in [0, 0.1) is 12.7 Å². The summed E-state index contributed by atoms with van der Waals surface area (Å²) in [6, 6.07) is 15.1. The van der Waals surface area contributed by atoms with E-state index < -0.39 is 0 Å². The van der Waals surface area contributed by atoms with Crippen molar-refractivity contribution in [3.05, 3.63) is 77.9 Å². The lowest BCUT2D eigenvalue weighted by Gasteiger charge is -2.09. The van der Waals surface area contributed by atoms with Crippen molar-refractivity contribution in [2.75, 3.05) is 5.32 Å². The minimum atomic E-state index is -0.345. The summed E-state index contributed by atoms with van der Waals surface area (Å²) in [6.45, 7) is 1.76. The van der Waals surface area contributed by atoms with Gasteiger partial charge in [-0.3, -0.25) is 4.79 Å². The number of aromatic amines is 1. The number of nitrogens with one attached hydrogen (secondary N) is 2. The third-order valence-corrected chi connectivity index (χ3v) is 4.84. The number of nitrogens with zero attached hydrogens (tertiary/aromatic N) is 2. The number of halogens is 1. The fourth-order valence-corrected chi connectivity index (χ4v) is 3.43. The van der Waals surface area contributed by atoms with Crippen LogP contribution in [0.4, 0.5) is 10.1 Å². The SMILES string of the molecule is Cc1noc2nc(-c3ccc(F)cc3)cc(C(=O)Nc3cccc4[nH]ccc34)c12. The van der Waals surface area contributed by atoms with E-state index in [9.17, 15) is 9.18 Å². The zero-order chi connectivity index (χ0) is 20.0. The van der Waals surface area contributed by atoms with Crippen molar-refractivity contribution in [2.45, 2.75) is 6.92 Å².